The maximum absolute atomic E-state index is 13.5. The van der Waals surface area contributed by atoms with E-state index in [0.29, 0.717) is 6.42 Å². The second kappa shape index (κ2) is 10.5. The van der Waals surface area contributed by atoms with Crippen LogP contribution in [-0.4, -0.2) is 54.4 Å². The highest BCUT2D eigenvalue weighted by molar-refractivity contribution is 5.89. The third-order valence-corrected chi connectivity index (χ3v) is 8.17. The van der Waals surface area contributed by atoms with Crippen molar-refractivity contribution in [1.29, 1.82) is 5.26 Å². The van der Waals surface area contributed by atoms with Gasteiger partial charge in [-0.25, -0.2) is 9.48 Å². The topological polar surface area (TPSA) is 117 Å². The Morgan fingerprint density at radius 1 is 1.15 bits per heavy atom. The molecule has 3 heterocycles. The second-order valence-electron chi connectivity index (χ2n) is 12.3. The number of piperidine rings is 1. The van der Waals surface area contributed by atoms with E-state index in [4.69, 9.17) is 4.74 Å². The summed E-state index contributed by atoms with van der Waals surface area (Å²) in [7, 11) is 0. The number of nitriles is 1. The number of nitrogens with zero attached hydrogens (tertiary/aromatic N) is 5. The Morgan fingerprint density at radius 3 is 2.71 bits per heavy atom. The number of fused-ring (bicyclic) bond motifs is 3. The van der Waals surface area contributed by atoms with Gasteiger partial charge in [-0.2, -0.15) is 5.26 Å². The van der Waals surface area contributed by atoms with Crippen LogP contribution in [0.3, 0.4) is 0 Å². The number of hydrogen-bond donors (Lipinski definition) is 1. The molecule has 1 aliphatic heterocycles. The Labute approximate surface area is 239 Å². The number of aromatic nitrogens is 4. The first-order valence-electron chi connectivity index (χ1n) is 14.2. The van der Waals surface area contributed by atoms with Crippen molar-refractivity contribution in [2.45, 2.75) is 70.6 Å². The van der Waals surface area contributed by atoms with E-state index >= 15 is 0 Å². The van der Waals surface area contributed by atoms with Gasteiger partial charge in [-0.1, -0.05) is 23.4 Å². The van der Waals surface area contributed by atoms with Crippen molar-refractivity contribution in [3.05, 3.63) is 66.5 Å². The Bertz CT molecular complexity index is 1620. The molecule has 2 fully saturated rings. The predicted octanol–water partition coefficient (Wildman–Crippen LogP) is 5.85. The first-order valence-corrected chi connectivity index (χ1v) is 14.2. The lowest BCUT2D eigenvalue weighted by molar-refractivity contribution is -0.126. The fourth-order valence-electron chi connectivity index (χ4n) is 6.31. The van der Waals surface area contributed by atoms with Gasteiger partial charge in [0, 0.05) is 35.1 Å². The van der Waals surface area contributed by atoms with Gasteiger partial charge in [0.25, 0.3) is 0 Å². The molecule has 1 amide bonds. The van der Waals surface area contributed by atoms with Gasteiger partial charge in [0.2, 0.25) is 0 Å². The van der Waals surface area contributed by atoms with Gasteiger partial charge in [-0.15, -0.1) is 5.10 Å². The summed E-state index contributed by atoms with van der Waals surface area (Å²) in [5.41, 5.74) is 4.03. The van der Waals surface area contributed by atoms with Crippen LogP contribution in [0.5, 0.6) is 0 Å². The predicted molar refractivity (Wildman–Crippen MR) is 154 cm³/mol. The van der Waals surface area contributed by atoms with Crippen LogP contribution in [-0.2, 0) is 16.0 Å². The van der Waals surface area contributed by atoms with E-state index in [2.05, 4.69) is 27.4 Å². The van der Waals surface area contributed by atoms with Crippen LogP contribution < -0.4 is 0 Å². The number of ketones is 1. The molecular weight excluding hydrogens is 516 g/mol. The molecule has 4 atom stereocenters. The van der Waals surface area contributed by atoms with Gasteiger partial charge in [0.05, 0.1) is 29.9 Å². The third kappa shape index (κ3) is 5.47. The minimum absolute atomic E-state index is 0.0424. The average molecular weight is 551 g/mol. The lowest BCUT2D eigenvalue weighted by atomic mass is 9.88. The summed E-state index contributed by atoms with van der Waals surface area (Å²) in [6, 6.07) is 17.8. The highest BCUT2D eigenvalue weighted by atomic mass is 16.6. The van der Waals surface area contributed by atoms with Gasteiger partial charge in [0.15, 0.2) is 5.78 Å². The molecule has 1 saturated heterocycles. The summed E-state index contributed by atoms with van der Waals surface area (Å²) in [6.45, 7) is 5.50. The molecule has 0 spiro atoms. The summed E-state index contributed by atoms with van der Waals surface area (Å²) in [5, 5.41) is 19.7. The van der Waals surface area contributed by atoms with E-state index in [1.165, 1.54) is 0 Å². The molecule has 2 aliphatic rings. The van der Waals surface area contributed by atoms with E-state index in [9.17, 15) is 14.9 Å². The van der Waals surface area contributed by atoms with Crippen LogP contribution in [0.1, 0.15) is 52.0 Å². The molecule has 9 heteroatoms. The third-order valence-electron chi connectivity index (χ3n) is 8.17. The molecule has 1 saturated carbocycles. The Hall–Kier alpha value is -4.45. The smallest absolute Gasteiger partial charge is 0.411 e. The Morgan fingerprint density at radius 2 is 1.95 bits per heavy atom. The zero-order valence-corrected chi connectivity index (χ0v) is 23.6. The minimum Gasteiger partial charge on any atom is -0.444 e. The molecule has 2 bridgehead atoms. The first-order chi connectivity index (χ1) is 19.7. The molecule has 6 rings (SSSR count). The van der Waals surface area contributed by atoms with Gasteiger partial charge in [-0.3, -0.25) is 9.69 Å². The number of amides is 1. The zero-order valence-electron chi connectivity index (χ0n) is 23.6. The minimum atomic E-state index is -0.626. The Kier molecular flexibility index (Phi) is 6.86. The van der Waals surface area contributed by atoms with Gasteiger partial charge < -0.3 is 9.72 Å². The number of likely N-dealkylation sites (tertiary alicyclic amines) is 1. The summed E-state index contributed by atoms with van der Waals surface area (Å²) >= 11 is 0. The van der Waals surface area contributed by atoms with Crippen LogP contribution in [0.2, 0.25) is 0 Å². The van der Waals surface area contributed by atoms with Crippen molar-refractivity contribution in [2.75, 3.05) is 0 Å². The van der Waals surface area contributed by atoms with E-state index in [0.717, 1.165) is 52.7 Å². The zero-order chi connectivity index (χ0) is 28.7. The van der Waals surface area contributed by atoms with E-state index in [-0.39, 0.29) is 24.2 Å². The monoisotopic (exact) mass is 550 g/mol. The largest absolute Gasteiger partial charge is 0.444 e. The van der Waals surface area contributed by atoms with Crippen LogP contribution in [0, 0.1) is 23.2 Å². The number of nitrogens with one attached hydrogen (secondary N) is 1. The molecule has 2 aromatic heterocycles. The molecule has 9 nitrogen and oxygen atoms in total. The number of rotatable bonds is 7. The van der Waals surface area contributed by atoms with Crippen molar-refractivity contribution >= 4 is 22.8 Å². The van der Waals surface area contributed by atoms with E-state index in [1.54, 1.807) is 9.58 Å². The van der Waals surface area contributed by atoms with Crippen LogP contribution >= 0.6 is 0 Å². The Balaban J connectivity index is 1.11. The maximum Gasteiger partial charge on any atom is 0.411 e. The summed E-state index contributed by atoms with van der Waals surface area (Å²) in [6.07, 6.45) is 6.62. The summed E-state index contributed by atoms with van der Waals surface area (Å²) in [5.74, 6) is -0.371. The van der Waals surface area contributed by atoms with Crippen molar-refractivity contribution in [3.8, 4) is 23.0 Å². The SMILES string of the molecule is CC(C)(C)OC(=O)N1[C@@H]2CC[C@@H](C2)[C@H]1C(=O)C[C@H](C#N)Cc1ccc(-n2cc(-c3ccc4[nH]ccc4c3)nn2)cc1. The van der Waals surface area contributed by atoms with Crippen molar-refractivity contribution < 1.29 is 14.3 Å². The fraction of sp³-hybridized carbons (Fsp3) is 0.406. The molecule has 1 aliphatic carbocycles. The lowest BCUT2D eigenvalue weighted by Crippen LogP contribution is -2.51. The van der Waals surface area contributed by atoms with E-state index in [1.807, 2.05) is 75.6 Å². The van der Waals surface area contributed by atoms with Crippen LogP contribution in [0.25, 0.3) is 27.8 Å². The van der Waals surface area contributed by atoms with E-state index < -0.39 is 23.7 Å². The first kappa shape index (κ1) is 26.8. The second-order valence-corrected chi connectivity index (χ2v) is 12.3. The number of aromatic amines is 1. The standard InChI is InChI=1S/C32H34N6O3/c1-32(2,3)41-31(40)38-26-10-6-24(17-26)30(38)29(39)15-21(18-33)14-20-4-8-25(9-5-20)37-19-28(35-36-37)22-7-11-27-23(16-22)12-13-34-27/h4-5,7-9,11-13,16,19,21,24,26,30,34H,6,10,14-15,17H2,1-3H3/t21-,24+,26-,30+/m1/s1. The van der Waals surface area contributed by atoms with Crippen molar-refractivity contribution in [1.82, 2.24) is 24.9 Å². The normalized spacial score (nSPS) is 20.7. The number of Topliss-reactive ketones (excluding diaryl/α,β-unsaturated/α-hetero) is 1. The number of benzene rings is 2. The van der Waals surface area contributed by atoms with Crippen LogP contribution in [0.15, 0.2) is 60.9 Å². The van der Waals surface area contributed by atoms with Crippen molar-refractivity contribution in [3.63, 3.8) is 0 Å². The molecule has 0 radical (unpaired) electrons. The fourth-order valence-corrected chi connectivity index (χ4v) is 6.31. The van der Waals surface area contributed by atoms with Crippen LogP contribution in [0.4, 0.5) is 4.79 Å². The molecule has 41 heavy (non-hydrogen) atoms. The number of carbonyl (C=O) groups is 2. The maximum atomic E-state index is 13.5. The summed E-state index contributed by atoms with van der Waals surface area (Å²) < 4.78 is 7.35. The number of hydrogen-bond acceptors (Lipinski definition) is 6. The summed E-state index contributed by atoms with van der Waals surface area (Å²) in [4.78, 5) is 31.3. The number of ether oxygens (including phenoxy) is 1. The van der Waals surface area contributed by atoms with Crippen molar-refractivity contribution in [2.24, 2.45) is 11.8 Å². The van der Waals surface area contributed by atoms with Gasteiger partial charge in [-0.05, 0) is 88.3 Å². The average Bonchev–Trinajstić information content (AvgIpc) is 3.75. The molecule has 0 unspecified atom stereocenters. The highest BCUT2D eigenvalue weighted by Crippen LogP contribution is 2.44. The highest BCUT2D eigenvalue weighted by Gasteiger charge is 2.52. The number of carbonyl (C=O) groups excluding carboxylic acids is 2. The van der Waals surface area contributed by atoms with Gasteiger partial charge in [0.1, 0.15) is 11.3 Å². The molecule has 2 aromatic carbocycles. The molecule has 1 N–H and O–H groups in total. The lowest BCUT2D eigenvalue weighted by Gasteiger charge is -2.35. The quantitative estimate of drug-likeness (QED) is 0.309. The molecule has 210 valence electrons. The number of H-pyrrole nitrogens is 1. The molecular formula is C32H34N6O3. The molecule has 4 aromatic rings. The van der Waals surface area contributed by atoms with Gasteiger partial charge >= 0.3 is 6.09 Å².